The fraction of sp³-hybridized carbons (Fsp3) is 0.0833. The third kappa shape index (κ3) is 3.18. The van der Waals surface area contributed by atoms with E-state index in [-0.39, 0.29) is 5.91 Å². The number of amides is 1. The summed E-state index contributed by atoms with van der Waals surface area (Å²) in [5.41, 5.74) is 1.24. The minimum absolute atomic E-state index is 0.261. The molecular formula is C12H8Cl3NOS. The zero-order chi connectivity index (χ0) is 13.1. The summed E-state index contributed by atoms with van der Waals surface area (Å²) in [6.45, 7) is 0.350. The van der Waals surface area contributed by atoms with E-state index in [2.05, 4.69) is 5.32 Å². The van der Waals surface area contributed by atoms with E-state index in [0.717, 1.165) is 5.56 Å². The molecule has 18 heavy (non-hydrogen) atoms. The lowest BCUT2D eigenvalue weighted by atomic mass is 10.2. The minimum Gasteiger partial charge on any atom is -0.348 e. The number of halogens is 3. The van der Waals surface area contributed by atoms with Crippen molar-refractivity contribution in [2.24, 2.45) is 0 Å². The summed E-state index contributed by atoms with van der Waals surface area (Å²) in [5, 5.41) is 3.37. The molecule has 1 heterocycles. The molecule has 0 saturated carbocycles. The van der Waals surface area contributed by atoms with Gasteiger partial charge < -0.3 is 5.32 Å². The Balaban J connectivity index is 2.05. The lowest BCUT2D eigenvalue weighted by Crippen LogP contribution is -2.22. The molecule has 0 bridgehead atoms. The van der Waals surface area contributed by atoms with Crippen LogP contribution in [0.25, 0.3) is 0 Å². The molecule has 1 aromatic heterocycles. The summed E-state index contributed by atoms with van der Waals surface area (Å²) in [4.78, 5) is 11.9. The van der Waals surface area contributed by atoms with E-state index in [1.165, 1.54) is 11.3 Å². The molecule has 94 valence electrons. The van der Waals surface area contributed by atoms with Gasteiger partial charge in [0.15, 0.2) is 0 Å². The van der Waals surface area contributed by atoms with Crippen LogP contribution in [0.3, 0.4) is 0 Å². The Bertz CT molecular complexity index is 582. The first-order valence-electron chi connectivity index (χ1n) is 5.04. The second-order valence-electron chi connectivity index (χ2n) is 3.51. The minimum atomic E-state index is -0.261. The predicted octanol–water partition coefficient (Wildman–Crippen LogP) is 4.64. The third-order valence-corrected chi connectivity index (χ3v) is 4.15. The molecule has 2 rings (SSSR count). The van der Waals surface area contributed by atoms with Gasteiger partial charge in [0.25, 0.3) is 5.91 Å². The quantitative estimate of drug-likeness (QED) is 0.877. The van der Waals surface area contributed by atoms with Gasteiger partial charge in [0.1, 0.15) is 4.34 Å². The number of thiophene rings is 1. The molecule has 1 amide bonds. The normalized spacial score (nSPS) is 10.4. The molecule has 0 aliphatic carbocycles. The van der Waals surface area contributed by atoms with Crippen LogP contribution in [-0.2, 0) is 6.54 Å². The maximum atomic E-state index is 11.9. The Morgan fingerprint density at radius 3 is 2.56 bits per heavy atom. The molecule has 0 saturated heterocycles. The highest BCUT2D eigenvalue weighted by molar-refractivity contribution is 7.20. The Morgan fingerprint density at radius 1 is 1.22 bits per heavy atom. The number of carbonyl (C=O) groups is 1. The van der Waals surface area contributed by atoms with Gasteiger partial charge in [-0.05, 0) is 17.7 Å². The van der Waals surface area contributed by atoms with Crippen molar-refractivity contribution in [3.05, 3.63) is 55.2 Å². The summed E-state index contributed by atoms with van der Waals surface area (Å²) in [6.07, 6.45) is 0. The van der Waals surface area contributed by atoms with Crippen LogP contribution in [0.4, 0.5) is 0 Å². The van der Waals surface area contributed by atoms with Crippen LogP contribution >= 0.6 is 46.1 Å². The molecule has 2 aromatic rings. The van der Waals surface area contributed by atoms with E-state index in [4.69, 9.17) is 34.8 Å². The number of rotatable bonds is 3. The van der Waals surface area contributed by atoms with Crippen LogP contribution < -0.4 is 5.32 Å². The van der Waals surface area contributed by atoms with Crippen LogP contribution in [0, 0.1) is 0 Å². The molecular weight excluding hydrogens is 313 g/mol. The molecule has 1 aromatic carbocycles. The first-order chi connectivity index (χ1) is 8.58. The van der Waals surface area contributed by atoms with Gasteiger partial charge in [-0.2, -0.15) is 0 Å². The molecule has 0 aliphatic heterocycles. The van der Waals surface area contributed by atoms with Crippen molar-refractivity contribution in [1.82, 2.24) is 5.32 Å². The van der Waals surface area contributed by atoms with Gasteiger partial charge in [-0.1, -0.05) is 53.0 Å². The van der Waals surface area contributed by atoms with Crippen molar-refractivity contribution in [2.45, 2.75) is 6.54 Å². The largest absolute Gasteiger partial charge is 0.348 e. The number of carbonyl (C=O) groups excluding carboxylic acids is 1. The maximum Gasteiger partial charge on any atom is 0.253 e. The molecule has 1 N–H and O–H groups in total. The molecule has 0 fully saturated rings. The Kier molecular flexibility index (Phi) is 4.51. The molecule has 0 aliphatic rings. The predicted molar refractivity (Wildman–Crippen MR) is 77.0 cm³/mol. The van der Waals surface area contributed by atoms with Crippen molar-refractivity contribution < 1.29 is 4.79 Å². The summed E-state index contributed by atoms with van der Waals surface area (Å²) in [7, 11) is 0. The molecule has 0 radical (unpaired) electrons. The Hall–Kier alpha value is -0.740. The summed E-state index contributed by atoms with van der Waals surface area (Å²) >= 11 is 18.8. The number of hydrogen-bond acceptors (Lipinski definition) is 2. The van der Waals surface area contributed by atoms with E-state index >= 15 is 0 Å². The first-order valence-corrected chi connectivity index (χ1v) is 6.99. The van der Waals surface area contributed by atoms with Crippen LogP contribution in [0.15, 0.2) is 30.3 Å². The number of benzene rings is 1. The van der Waals surface area contributed by atoms with Crippen molar-refractivity contribution in [3.8, 4) is 0 Å². The second-order valence-corrected chi connectivity index (χ2v) is 6.20. The van der Waals surface area contributed by atoms with E-state index < -0.39 is 0 Å². The third-order valence-electron chi connectivity index (χ3n) is 2.30. The first kappa shape index (κ1) is 13.7. The zero-order valence-electron chi connectivity index (χ0n) is 9.04. The fourth-order valence-corrected chi connectivity index (χ4v) is 3.07. The van der Waals surface area contributed by atoms with Crippen molar-refractivity contribution >= 4 is 52.0 Å². The second kappa shape index (κ2) is 5.93. The van der Waals surface area contributed by atoms with Crippen LogP contribution in [0.5, 0.6) is 0 Å². The Labute approximate surface area is 123 Å². The van der Waals surface area contributed by atoms with E-state index in [9.17, 15) is 4.79 Å². The molecule has 0 unspecified atom stereocenters. The van der Waals surface area contributed by atoms with Crippen LogP contribution in [0.2, 0.25) is 13.7 Å². The van der Waals surface area contributed by atoms with Crippen molar-refractivity contribution in [2.75, 3.05) is 0 Å². The van der Waals surface area contributed by atoms with Gasteiger partial charge in [-0.15, -0.1) is 11.3 Å². The van der Waals surface area contributed by atoms with Crippen molar-refractivity contribution in [1.29, 1.82) is 0 Å². The number of hydrogen-bond donors (Lipinski definition) is 1. The molecule has 6 heteroatoms. The standard InChI is InChI=1S/C12H8Cl3NOS/c13-9-4-2-1-3-7(9)6-16-12(17)8-5-10(14)18-11(8)15/h1-5H,6H2,(H,16,17). The summed E-state index contributed by atoms with van der Waals surface area (Å²) in [6, 6.07) is 8.88. The highest BCUT2D eigenvalue weighted by Gasteiger charge is 2.14. The molecule has 0 spiro atoms. The van der Waals surface area contributed by atoms with E-state index in [1.807, 2.05) is 18.2 Å². The number of nitrogens with one attached hydrogen (secondary N) is 1. The monoisotopic (exact) mass is 319 g/mol. The SMILES string of the molecule is O=C(NCc1ccccc1Cl)c1cc(Cl)sc1Cl. The van der Waals surface area contributed by atoms with Gasteiger partial charge in [-0.25, -0.2) is 0 Å². The van der Waals surface area contributed by atoms with Gasteiger partial charge in [-0.3, -0.25) is 4.79 Å². The van der Waals surface area contributed by atoms with E-state index in [1.54, 1.807) is 12.1 Å². The lowest BCUT2D eigenvalue weighted by molar-refractivity contribution is 0.0951. The van der Waals surface area contributed by atoms with Crippen LogP contribution in [-0.4, -0.2) is 5.91 Å². The average Bonchev–Trinajstić information content (AvgIpc) is 2.67. The maximum absolute atomic E-state index is 11.9. The zero-order valence-corrected chi connectivity index (χ0v) is 12.1. The summed E-state index contributed by atoms with van der Waals surface area (Å²) < 4.78 is 0.875. The highest BCUT2D eigenvalue weighted by atomic mass is 35.5. The van der Waals surface area contributed by atoms with Gasteiger partial charge in [0.2, 0.25) is 0 Å². The van der Waals surface area contributed by atoms with E-state index in [0.29, 0.717) is 25.8 Å². The average molecular weight is 321 g/mol. The smallest absolute Gasteiger partial charge is 0.253 e. The van der Waals surface area contributed by atoms with Gasteiger partial charge >= 0.3 is 0 Å². The highest BCUT2D eigenvalue weighted by Crippen LogP contribution is 2.31. The van der Waals surface area contributed by atoms with Crippen molar-refractivity contribution in [3.63, 3.8) is 0 Å². The lowest BCUT2D eigenvalue weighted by Gasteiger charge is -2.06. The fourth-order valence-electron chi connectivity index (χ4n) is 1.41. The van der Waals surface area contributed by atoms with Crippen LogP contribution in [0.1, 0.15) is 15.9 Å². The van der Waals surface area contributed by atoms with Gasteiger partial charge in [0.05, 0.1) is 9.90 Å². The molecule has 2 nitrogen and oxygen atoms in total. The Morgan fingerprint density at radius 2 is 1.94 bits per heavy atom. The molecule has 0 atom stereocenters. The topological polar surface area (TPSA) is 29.1 Å². The summed E-state index contributed by atoms with van der Waals surface area (Å²) in [5.74, 6) is -0.261. The van der Waals surface area contributed by atoms with Gasteiger partial charge in [0, 0.05) is 11.6 Å².